The van der Waals surface area contributed by atoms with Gasteiger partial charge in [-0.15, -0.1) is 13.2 Å². The van der Waals surface area contributed by atoms with E-state index in [0.29, 0.717) is 25.4 Å². The van der Waals surface area contributed by atoms with Crippen LogP contribution < -0.4 is 4.74 Å². The van der Waals surface area contributed by atoms with E-state index in [-0.39, 0.29) is 18.0 Å². The van der Waals surface area contributed by atoms with Gasteiger partial charge >= 0.3 is 6.36 Å². The number of sulfonamides is 1. The second-order valence-electron chi connectivity index (χ2n) is 7.70. The van der Waals surface area contributed by atoms with Crippen LogP contribution in [0.15, 0.2) is 52.8 Å². The number of hydrogen-bond acceptors (Lipinski definition) is 6. The lowest BCUT2D eigenvalue weighted by atomic mass is 10.1. The lowest BCUT2D eigenvalue weighted by Gasteiger charge is -2.26. The largest absolute Gasteiger partial charge is 0.573 e. The van der Waals surface area contributed by atoms with Gasteiger partial charge in [-0.3, -0.25) is 4.98 Å². The van der Waals surface area contributed by atoms with Crippen LogP contribution in [-0.4, -0.2) is 42.9 Å². The first-order valence-electron chi connectivity index (χ1n) is 10.2. The number of piperidine rings is 1. The molecule has 32 heavy (non-hydrogen) atoms. The summed E-state index contributed by atoms with van der Waals surface area (Å²) in [6.45, 7) is 0.772. The number of halogens is 3. The fourth-order valence-corrected chi connectivity index (χ4v) is 5.00. The maximum absolute atomic E-state index is 12.8. The third-order valence-corrected chi connectivity index (χ3v) is 7.28. The number of ether oxygens (including phenoxy) is 1. The van der Waals surface area contributed by atoms with E-state index in [1.807, 2.05) is 12.3 Å². The zero-order chi connectivity index (χ0) is 22.8. The van der Waals surface area contributed by atoms with Crippen molar-refractivity contribution in [2.45, 2.75) is 49.5 Å². The van der Waals surface area contributed by atoms with Crippen LogP contribution in [0.3, 0.4) is 0 Å². The summed E-state index contributed by atoms with van der Waals surface area (Å²) in [7, 11) is -3.82. The minimum absolute atomic E-state index is 0.0889. The van der Waals surface area contributed by atoms with Crippen molar-refractivity contribution < 1.29 is 31.2 Å². The highest BCUT2D eigenvalue weighted by atomic mass is 32.2. The van der Waals surface area contributed by atoms with Gasteiger partial charge in [-0.2, -0.15) is 4.31 Å². The number of hydrogen-bond donors (Lipinski definition) is 0. The Hall–Kier alpha value is -2.66. The van der Waals surface area contributed by atoms with Crippen LogP contribution in [0.2, 0.25) is 0 Å². The van der Waals surface area contributed by atoms with E-state index in [1.54, 1.807) is 6.20 Å². The summed E-state index contributed by atoms with van der Waals surface area (Å²) < 4.78 is 67.5. The summed E-state index contributed by atoms with van der Waals surface area (Å²) >= 11 is 0. The summed E-state index contributed by atoms with van der Waals surface area (Å²) in [4.78, 5) is 9.60. The fourth-order valence-electron chi connectivity index (χ4n) is 3.56. The average molecular weight is 469 g/mol. The number of oxime groups is 1. The highest BCUT2D eigenvalue weighted by Gasteiger charge is 2.32. The Kier molecular flexibility index (Phi) is 6.38. The van der Waals surface area contributed by atoms with E-state index in [0.717, 1.165) is 48.4 Å². The van der Waals surface area contributed by atoms with Gasteiger partial charge in [-0.1, -0.05) is 5.16 Å². The van der Waals surface area contributed by atoms with Crippen LogP contribution in [0.1, 0.15) is 42.7 Å². The van der Waals surface area contributed by atoms with Crippen molar-refractivity contribution in [3.8, 4) is 5.75 Å². The third-order valence-electron chi connectivity index (χ3n) is 5.37. The van der Waals surface area contributed by atoms with Crippen LogP contribution in [0.25, 0.3) is 0 Å². The van der Waals surface area contributed by atoms with Gasteiger partial charge in [0.1, 0.15) is 12.4 Å². The van der Waals surface area contributed by atoms with Crippen molar-refractivity contribution in [1.29, 1.82) is 0 Å². The molecule has 2 aromatic rings. The van der Waals surface area contributed by atoms with Crippen LogP contribution >= 0.6 is 0 Å². The molecular formula is C21H22F3N3O4S. The molecule has 0 amide bonds. The maximum atomic E-state index is 12.8. The zero-order valence-corrected chi connectivity index (χ0v) is 17.9. The number of benzene rings is 1. The molecule has 0 spiro atoms. The second kappa shape index (κ2) is 9.07. The van der Waals surface area contributed by atoms with Crippen molar-refractivity contribution in [2.24, 2.45) is 5.16 Å². The molecule has 172 valence electrons. The summed E-state index contributed by atoms with van der Waals surface area (Å²) in [6, 6.07) is 6.11. The molecule has 11 heteroatoms. The second-order valence-corrected chi connectivity index (χ2v) is 9.64. The van der Waals surface area contributed by atoms with Crippen LogP contribution in [0, 0.1) is 0 Å². The van der Waals surface area contributed by atoms with Crippen molar-refractivity contribution >= 4 is 15.7 Å². The highest BCUT2D eigenvalue weighted by Crippen LogP contribution is 2.41. The van der Waals surface area contributed by atoms with Crippen LogP contribution in [0.5, 0.6) is 5.75 Å². The molecular weight excluding hydrogens is 447 g/mol. The Labute approximate surface area is 183 Å². The Balaban J connectivity index is 1.32. The van der Waals surface area contributed by atoms with Crippen molar-refractivity contribution in [3.05, 3.63) is 53.9 Å². The Morgan fingerprint density at radius 1 is 1.09 bits per heavy atom. The van der Waals surface area contributed by atoms with Gasteiger partial charge in [0.2, 0.25) is 10.0 Å². The molecule has 0 bridgehead atoms. The molecule has 1 aromatic carbocycles. The number of rotatable bonds is 7. The predicted octanol–water partition coefficient (Wildman–Crippen LogP) is 4.21. The molecule has 0 atom stereocenters. The Morgan fingerprint density at radius 3 is 2.41 bits per heavy atom. The highest BCUT2D eigenvalue weighted by molar-refractivity contribution is 7.89. The van der Waals surface area contributed by atoms with Crippen molar-refractivity contribution in [1.82, 2.24) is 9.29 Å². The maximum Gasteiger partial charge on any atom is 0.573 e. The van der Waals surface area contributed by atoms with Gasteiger partial charge in [0.15, 0.2) is 0 Å². The van der Waals surface area contributed by atoms with Gasteiger partial charge in [-0.05, 0) is 60.2 Å². The van der Waals surface area contributed by atoms with Crippen LogP contribution in [-0.2, 0) is 21.5 Å². The minimum Gasteiger partial charge on any atom is -0.406 e. The van der Waals surface area contributed by atoms with Gasteiger partial charge < -0.3 is 9.57 Å². The molecule has 1 aromatic heterocycles. The van der Waals surface area contributed by atoms with Gasteiger partial charge in [0.25, 0.3) is 0 Å². The lowest BCUT2D eigenvalue weighted by Crippen LogP contribution is -2.38. The number of alkyl halides is 3. The van der Waals surface area contributed by atoms with Crippen molar-refractivity contribution in [3.63, 3.8) is 0 Å². The monoisotopic (exact) mass is 469 g/mol. The molecule has 2 heterocycles. The third kappa shape index (κ3) is 5.57. The topological polar surface area (TPSA) is 81.1 Å². The molecule has 0 unspecified atom stereocenters. The average Bonchev–Trinajstić information content (AvgIpc) is 3.59. The van der Waals surface area contributed by atoms with E-state index >= 15 is 0 Å². The van der Waals surface area contributed by atoms with Gasteiger partial charge in [0, 0.05) is 38.3 Å². The molecule has 1 saturated carbocycles. The quantitative estimate of drug-likeness (QED) is 0.568. The van der Waals surface area contributed by atoms with E-state index in [2.05, 4.69) is 14.9 Å². The SMILES string of the molecule is O=S(=O)(c1ccc(OC(F)(F)F)cc1)N1CCC(=NOCc2ccncc2C2CC2)CC1. The van der Waals surface area contributed by atoms with E-state index in [4.69, 9.17) is 4.84 Å². The summed E-state index contributed by atoms with van der Waals surface area (Å²) in [5.41, 5.74) is 3.03. The number of pyridine rings is 1. The zero-order valence-electron chi connectivity index (χ0n) is 17.1. The molecule has 4 rings (SSSR count). The molecule has 0 radical (unpaired) electrons. The van der Waals surface area contributed by atoms with E-state index < -0.39 is 22.1 Å². The molecule has 2 aliphatic rings. The standard InChI is InChI=1S/C21H22F3N3O4S/c22-21(23,24)31-18-3-5-19(6-4-18)32(28,29)27-11-8-17(9-12-27)26-30-14-16-7-10-25-13-20(16)15-1-2-15/h3-7,10,13,15H,1-2,8-9,11-12,14H2. The normalized spacial score (nSPS) is 17.8. The Bertz CT molecular complexity index is 1070. The van der Waals surface area contributed by atoms with E-state index in [9.17, 15) is 21.6 Å². The molecule has 1 aliphatic heterocycles. The Morgan fingerprint density at radius 2 is 1.78 bits per heavy atom. The molecule has 1 saturated heterocycles. The smallest absolute Gasteiger partial charge is 0.406 e. The summed E-state index contributed by atoms with van der Waals surface area (Å²) in [5.74, 6) is 0.0817. The van der Waals surface area contributed by atoms with Gasteiger partial charge in [-0.25, -0.2) is 8.42 Å². The summed E-state index contributed by atoms with van der Waals surface area (Å²) in [6.07, 6.45) is 1.92. The molecule has 7 nitrogen and oxygen atoms in total. The molecule has 2 fully saturated rings. The summed E-state index contributed by atoms with van der Waals surface area (Å²) in [5, 5.41) is 4.19. The molecule has 0 N–H and O–H groups in total. The first-order chi connectivity index (χ1) is 15.2. The first-order valence-corrected chi connectivity index (χ1v) is 11.6. The lowest BCUT2D eigenvalue weighted by molar-refractivity contribution is -0.274. The van der Waals surface area contributed by atoms with Crippen molar-refractivity contribution in [2.75, 3.05) is 13.1 Å². The predicted molar refractivity (Wildman–Crippen MR) is 110 cm³/mol. The molecule has 1 aliphatic carbocycles. The van der Waals surface area contributed by atoms with Gasteiger partial charge in [0.05, 0.1) is 10.6 Å². The fraction of sp³-hybridized carbons (Fsp3) is 0.429. The van der Waals surface area contributed by atoms with Crippen LogP contribution in [0.4, 0.5) is 13.2 Å². The van der Waals surface area contributed by atoms with E-state index in [1.165, 1.54) is 9.87 Å². The number of nitrogens with zero attached hydrogens (tertiary/aromatic N) is 3. The number of aromatic nitrogens is 1. The minimum atomic E-state index is -4.83. The first kappa shape index (κ1) is 22.5.